The summed E-state index contributed by atoms with van der Waals surface area (Å²) in [5.74, 6) is 0. The monoisotopic (exact) mass is 1120 g/mol. The summed E-state index contributed by atoms with van der Waals surface area (Å²) in [6.45, 7) is 26.8. The smallest absolute Gasteiger partial charge is 0.252 e. The minimum absolute atomic E-state index is 0.0104. The highest BCUT2D eigenvalue weighted by molar-refractivity contribution is 7.00. The fourth-order valence-corrected chi connectivity index (χ4v) is 18.4. The third-order valence-electron chi connectivity index (χ3n) is 23.3. The van der Waals surface area contributed by atoms with Crippen molar-refractivity contribution in [2.75, 3.05) is 19.6 Å². The molecule has 9 aromatic carbocycles. The second kappa shape index (κ2) is 17.6. The van der Waals surface area contributed by atoms with Crippen LogP contribution in [0.5, 0.6) is 0 Å². The molecule has 5 heterocycles. The van der Waals surface area contributed by atoms with Gasteiger partial charge in [-0.15, -0.1) is 0 Å². The molecule has 3 aliphatic carbocycles. The molecule has 17 rings (SSSR count). The number of aryl methyl sites for hydroxylation is 1. The summed E-state index contributed by atoms with van der Waals surface area (Å²) in [5.41, 5.74) is 30.7. The lowest BCUT2D eigenvalue weighted by Gasteiger charge is -2.51. The van der Waals surface area contributed by atoms with Gasteiger partial charge in [0.15, 0.2) is 0 Å². The van der Waals surface area contributed by atoms with Crippen molar-refractivity contribution in [2.24, 2.45) is 0 Å². The molecule has 5 nitrogen and oxygen atoms in total. The molecule has 2 saturated carbocycles. The van der Waals surface area contributed by atoms with Gasteiger partial charge in [0, 0.05) is 67.3 Å². The van der Waals surface area contributed by atoms with E-state index >= 15 is 0 Å². The van der Waals surface area contributed by atoms with E-state index in [2.05, 4.69) is 266 Å². The molecule has 0 radical (unpaired) electrons. The van der Waals surface area contributed by atoms with Crippen LogP contribution in [0.25, 0.3) is 33.1 Å². The quantitative estimate of drug-likeness (QED) is 0.164. The molecule has 4 unspecified atom stereocenters. The Morgan fingerprint density at radius 1 is 0.442 bits per heavy atom. The molecule has 1 aromatic heterocycles. The van der Waals surface area contributed by atoms with Crippen LogP contribution in [-0.2, 0) is 28.1 Å². The number of fused-ring (bicyclic) bond motifs is 16. The first kappa shape index (κ1) is 52.4. The molecule has 0 saturated heterocycles. The minimum atomic E-state index is -0.128. The summed E-state index contributed by atoms with van der Waals surface area (Å²) >= 11 is 0. The third-order valence-corrected chi connectivity index (χ3v) is 23.3. The average molecular weight is 1120 g/mol. The molecule has 0 N–H and O–H groups in total. The highest BCUT2D eigenvalue weighted by Gasteiger charge is 2.60. The van der Waals surface area contributed by atoms with Crippen LogP contribution in [0.4, 0.5) is 56.9 Å². The predicted octanol–water partition coefficient (Wildman–Crippen LogP) is 19.6. The molecule has 6 heteroatoms. The summed E-state index contributed by atoms with van der Waals surface area (Å²) in [6.07, 6.45) is 10.5. The predicted molar refractivity (Wildman–Crippen MR) is 364 cm³/mol. The van der Waals surface area contributed by atoms with E-state index in [0.717, 1.165) is 46.9 Å². The maximum atomic E-state index is 6.81. The summed E-state index contributed by atoms with van der Waals surface area (Å²) in [4.78, 5) is 11.0. The number of hydrogen-bond donors (Lipinski definition) is 0. The first-order valence-electron chi connectivity index (χ1n) is 32.3. The first-order chi connectivity index (χ1) is 41.3. The molecule has 0 bridgehead atoms. The zero-order valence-electron chi connectivity index (χ0n) is 52.3. The van der Waals surface area contributed by atoms with Crippen LogP contribution in [0, 0.1) is 6.92 Å². The van der Waals surface area contributed by atoms with E-state index in [9.17, 15) is 0 Å². The largest absolute Gasteiger partial charge is 0.456 e. The topological polar surface area (TPSA) is 26.1 Å². The first-order valence-corrected chi connectivity index (χ1v) is 32.3. The number of hydrogen-bond acceptors (Lipinski definition) is 5. The molecule has 86 heavy (non-hydrogen) atoms. The summed E-state index contributed by atoms with van der Waals surface area (Å²) in [7, 11) is 0. The zero-order valence-corrected chi connectivity index (χ0v) is 52.3. The number of anilines is 10. The van der Waals surface area contributed by atoms with E-state index in [1.165, 1.54) is 156 Å². The molecule has 10 aromatic rings. The van der Waals surface area contributed by atoms with Gasteiger partial charge < -0.3 is 24.0 Å². The van der Waals surface area contributed by atoms with Gasteiger partial charge in [0.05, 0.1) is 27.8 Å². The van der Waals surface area contributed by atoms with Crippen molar-refractivity contribution in [1.29, 1.82) is 0 Å². The van der Waals surface area contributed by atoms with Gasteiger partial charge >= 0.3 is 0 Å². The maximum Gasteiger partial charge on any atom is 0.252 e. The van der Waals surface area contributed by atoms with E-state index in [4.69, 9.17) is 4.42 Å². The second-order valence-corrected chi connectivity index (χ2v) is 30.0. The molecule has 7 aliphatic rings. The van der Waals surface area contributed by atoms with E-state index in [1.807, 2.05) is 0 Å². The Morgan fingerprint density at radius 3 is 1.56 bits per heavy atom. The van der Waals surface area contributed by atoms with Gasteiger partial charge in [-0.1, -0.05) is 178 Å². The maximum absolute atomic E-state index is 6.81. The van der Waals surface area contributed by atoms with Gasteiger partial charge in [-0.05, 0) is 197 Å². The SMILES string of the molecule is Cc1cc2c3c(c1)N(c1cccc4oc5ccccc5c14)c1cc(N4c5ccc(C(C)(C)C)cc5C5(C)CCCCC45C)ccc1B3c1ccc(N3c4ccc(C(C)(C)C)cc4C4(C)CCCCC34C)cc1N2c1cccc2c1-c1ccccc1C2. The lowest BCUT2D eigenvalue weighted by Crippen LogP contribution is -2.61. The molecule has 428 valence electrons. The molecule has 4 atom stereocenters. The van der Waals surface area contributed by atoms with E-state index < -0.39 is 0 Å². The number of nitrogens with zero attached hydrogens (tertiary/aromatic N) is 4. The Bertz CT molecular complexity index is 4570. The standard InChI is InChI=1S/C80H79BN4O/c1-49-42-68-74-69(43-49)83(65-27-21-29-71-73(65)57-25-14-15-28-70(57)86-71)67-48-55(85-63-37-31-53(76(5,6)7)46-59(63)78(9)39-17-19-41-80(78,85)11)33-35-61(67)81(74)60-34-32-54(47-66(60)82(68)64-26-20-23-51-44-50-22-12-13-24-56(50)72(51)64)84-62-36-30-52(75(2,3)4)45-58(62)77(8)38-16-18-40-79(77,84)10/h12-15,20-37,42-43,45-48H,16-19,38-41,44H2,1-11H3. The lowest BCUT2D eigenvalue weighted by atomic mass is 9.33. The molecule has 4 aliphatic heterocycles. The van der Waals surface area contributed by atoms with Crippen LogP contribution < -0.4 is 36.0 Å². The van der Waals surface area contributed by atoms with E-state index in [0.29, 0.717) is 0 Å². The Morgan fingerprint density at radius 2 is 0.953 bits per heavy atom. The number of furan rings is 1. The van der Waals surface area contributed by atoms with Crippen LogP contribution in [0.3, 0.4) is 0 Å². The number of rotatable bonds is 4. The highest BCUT2D eigenvalue weighted by Crippen LogP contribution is 2.64. The van der Waals surface area contributed by atoms with E-state index in [1.54, 1.807) is 0 Å². The Balaban J connectivity index is 0.950. The van der Waals surface area contributed by atoms with Gasteiger partial charge in [-0.3, -0.25) is 0 Å². The van der Waals surface area contributed by atoms with Crippen molar-refractivity contribution in [3.8, 4) is 11.1 Å². The van der Waals surface area contributed by atoms with Gasteiger partial charge in [-0.2, -0.15) is 0 Å². The van der Waals surface area contributed by atoms with Crippen molar-refractivity contribution in [1.82, 2.24) is 0 Å². The van der Waals surface area contributed by atoms with Crippen molar-refractivity contribution >= 4 is 102 Å². The summed E-state index contributed by atoms with van der Waals surface area (Å²) in [5, 5.41) is 2.27. The number of para-hydroxylation sites is 1. The third kappa shape index (κ3) is 6.85. The fourth-order valence-electron chi connectivity index (χ4n) is 18.4. The van der Waals surface area contributed by atoms with Crippen molar-refractivity contribution in [3.63, 3.8) is 0 Å². The highest BCUT2D eigenvalue weighted by atomic mass is 16.3. The molecule has 0 spiro atoms. The Hall–Kier alpha value is -7.96. The van der Waals surface area contributed by atoms with E-state index in [-0.39, 0.29) is 39.5 Å². The summed E-state index contributed by atoms with van der Waals surface area (Å²) < 4.78 is 6.81. The zero-order chi connectivity index (χ0) is 58.8. The van der Waals surface area contributed by atoms with Crippen LogP contribution in [0.15, 0.2) is 174 Å². The van der Waals surface area contributed by atoms with Crippen LogP contribution >= 0.6 is 0 Å². The lowest BCUT2D eigenvalue weighted by molar-refractivity contribution is 0.195. The fraction of sp³-hybridized carbons (Fsp3) is 0.325. The minimum Gasteiger partial charge on any atom is -0.456 e. The van der Waals surface area contributed by atoms with Crippen molar-refractivity contribution in [3.05, 3.63) is 209 Å². The number of benzene rings is 9. The van der Waals surface area contributed by atoms with Crippen LogP contribution in [-0.4, -0.2) is 17.8 Å². The van der Waals surface area contributed by atoms with Gasteiger partial charge in [0.25, 0.3) is 6.71 Å². The Labute approximate surface area is 509 Å². The van der Waals surface area contributed by atoms with Gasteiger partial charge in [0.2, 0.25) is 0 Å². The molecule has 2 fully saturated rings. The second-order valence-electron chi connectivity index (χ2n) is 30.0. The van der Waals surface area contributed by atoms with Crippen molar-refractivity contribution in [2.45, 2.75) is 167 Å². The van der Waals surface area contributed by atoms with Crippen LogP contribution in [0.2, 0.25) is 0 Å². The van der Waals surface area contributed by atoms with Gasteiger partial charge in [0.1, 0.15) is 11.2 Å². The normalized spacial score (nSPS) is 23.2. The summed E-state index contributed by atoms with van der Waals surface area (Å²) in [6, 6.07) is 67.0. The van der Waals surface area contributed by atoms with Crippen LogP contribution in [0.1, 0.15) is 160 Å². The average Bonchev–Trinajstić information content (AvgIpc) is 1.34. The van der Waals surface area contributed by atoms with Crippen molar-refractivity contribution < 1.29 is 4.42 Å². The Kier molecular flexibility index (Phi) is 10.7. The van der Waals surface area contributed by atoms with Gasteiger partial charge in [-0.25, -0.2) is 0 Å². The molecular formula is C80H79BN4O. The molecule has 0 amide bonds. The molecular weight excluding hydrogens is 1040 g/mol.